The van der Waals surface area contributed by atoms with Crippen LogP contribution in [0.2, 0.25) is 0 Å². The van der Waals surface area contributed by atoms with Crippen LogP contribution in [0.4, 0.5) is 5.69 Å². The number of rotatable bonds is 3. The molecule has 1 heterocycles. The minimum absolute atomic E-state index is 0.213. The summed E-state index contributed by atoms with van der Waals surface area (Å²) in [6, 6.07) is 13.8. The lowest BCUT2D eigenvalue weighted by molar-refractivity contribution is -0.122. The third-order valence-corrected chi connectivity index (χ3v) is 8.50. The zero-order valence-corrected chi connectivity index (χ0v) is 16.3. The van der Waals surface area contributed by atoms with E-state index in [1.165, 1.54) is 12.0 Å². The van der Waals surface area contributed by atoms with Crippen molar-refractivity contribution >= 4 is 21.4 Å². The maximum absolute atomic E-state index is 14.0. The van der Waals surface area contributed by atoms with E-state index in [4.69, 9.17) is 4.74 Å². The van der Waals surface area contributed by atoms with Crippen molar-refractivity contribution < 1.29 is 17.9 Å². The van der Waals surface area contributed by atoms with Gasteiger partial charge in [-0.05, 0) is 37.0 Å². The Labute approximate surface area is 159 Å². The zero-order valence-electron chi connectivity index (χ0n) is 15.5. The number of methoxy groups -OCH3 is 1. The quantitative estimate of drug-likeness (QED) is 0.811. The Hall–Kier alpha value is -2.34. The van der Waals surface area contributed by atoms with E-state index >= 15 is 0 Å². The molecule has 5 nitrogen and oxygen atoms in total. The van der Waals surface area contributed by atoms with Crippen molar-refractivity contribution in [2.45, 2.75) is 35.3 Å². The fraction of sp³-hybridized carbons (Fsp3) is 0.381. The van der Waals surface area contributed by atoms with Gasteiger partial charge in [-0.15, -0.1) is 0 Å². The number of likely N-dealkylation sites (N-methyl/N-ethyl adjacent to an activating group) is 1. The molecule has 2 aromatic rings. The molecule has 27 heavy (non-hydrogen) atoms. The van der Waals surface area contributed by atoms with Gasteiger partial charge >= 0.3 is 0 Å². The Morgan fingerprint density at radius 2 is 1.67 bits per heavy atom. The van der Waals surface area contributed by atoms with Crippen LogP contribution >= 0.6 is 0 Å². The normalized spacial score (nSPS) is 24.7. The lowest BCUT2D eigenvalue weighted by Gasteiger charge is -2.44. The molecule has 0 bridgehead atoms. The van der Waals surface area contributed by atoms with Gasteiger partial charge < -0.3 is 9.64 Å². The Kier molecular flexibility index (Phi) is 4.26. The average Bonchev–Trinajstić information content (AvgIpc) is 3.22. The number of hydrogen-bond donors (Lipinski definition) is 0. The number of hydrogen-bond acceptors (Lipinski definition) is 4. The van der Waals surface area contributed by atoms with Gasteiger partial charge in [0.25, 0.3) is 5.91 Å². The molecule has 1 aliphatic heterocycles. The van der Waals surface area contributed by atoms with Gasteiger partial charge in [-0.1, -0.05) is 43.2 Å². The predicted molar refractivity (Wildman–Crippen MR) is 104 cm³/mol. The lowest BCUT2D eigenvalue weighted by atomic mass is 9.81. The summed E-state index contributed by atoms with van der Waals surface area (Å²) in [5.74, 6) is -0.228. The summed E-state index contributed by atoms with van der Waals surface area (Å²) < 4.78 is 31.9. The second kappa shape index (κ2) is 6.37. The lowest BCUT2D eigenvalue weighted by Crippen LogP contribution is -2.58. The zero-order chi connectivity index (χ0) is 19.2. The van der Waals surface area contributed by atoms with E-state index in [1.807, 2.05) is 0 Å². The average molecular weight is 385 g/mol. The number of carbonyl (C=O) groups excluding carboxylic acids is 1. The van der Waals surface area contributed by atoms with E-state index < -0.39 is 20.5 Å². The van der Waals surface area contributed by atoms with Crippen LogP contribution in [0.5, 0.6) is 5.75 Å². The molecular weight excluding hydrogens is 362 g/mol. The molecule has 1 atom stereocenters. The fourth-order valence-electron chi connectivity index (χ4n) is 4.77. The molecule has 1 saturated carbocycles. The fourth-order valence-corrected chi connectivity index (χ4v) is 7.35. The summed E-state index contributed by atoms with van der Waals surface area (Å²) >= 11 is 0. The van der Waals surface area contributed by atoms with Crippen LogP contribution in [0.25, 0.3) is 0 Å². The number of para-hydroxylation sites is 2. The molecular formula is C21H23NO4S. The molecule has 1 unspecified atom stereocenters. The van der Waals surface area contributed by atoms with E-state index in [2.05, 4.69) is 0 Å². The third-order valence-electron chi connectivity index (χ3n) is 6.00. The molecule has 142 valence electrons. The van der Waals surface area contributed by atoms with Crippen molar-refractivity contribution in [1.29, 1.82) is 0 Å². The van der Waals surface area contributed by atoms with Gasteiger partial charge in [0.05, 0.1) is 17.7 Å². The number of carbonyl (C=O) groups is 1. The molecule has 1 aliphatic carbocycles. The first-order valence-electron chi connectivity index (χ1n) is 9.21. The summed E-state index contributed by atoms with van der Waals surface area (Å²) in [4.78, 5) is 15.5. The van der Waals surface area contributed by atoms with Gasteiger partial charge in [-0.3, -0.25) is 4.79 Å². The van der Waals surface area contributed by atoms with Crippen molar-refractivity contribution in [3.63, 3.8) is 0 Å². The van der Waals surface area contributed by atoms with Crippen molar-refractivity contribution in [2.75, 3.05) is 19.1 Å². The van der Waals surface area contributed by atoms with Gasteiger partial charge in [0.1, 0.15) is 5.75 Å². The van der Waals surface area contributed by atoms with Crippen LogP contribution in [0.1, 0.15) is 31.2 Å². The maximum Gasteiger partial charge on any atom is 0.253 e. The molecule has 0 aromatic heterocycles. The molecule has 1 fully saturated rings. The summed E-state index contributed by atoms with van der Waals surface area (Å²) in [5, 5.41) is 0. The van der Waals surface area contributed by atoms with Crippen LogP contribution in [-0.4, -0.2) is 28.5 Å². The van der Waals surface area contributed by atoms with E-state index in [0.29, 0.717) is 29.8 Å². The predicted octanol–water partition coefficient (Wildman–Crippen LogP) is 3.53. The molecule has 1 amide bonds. The number of ether oxygens (including phenoxy) is 1. The standard InChI is InChI=1S/C21H23NO4S/c1-22-17-12-6-8-14-19(17)27(24,25)21(20(22)23,15-9-3-4-10-15)16-11-5-7-13-18(16)26-2/h5-8,11-15H,3-4,9-10H2,1-2H3. The highest BCUT2D eigenvalue weighted by Gasteiger charge is 2.63. The van der Waals surface area contributed by atoms with E-state index in [9.17, 15) is 13.2 Å². The molecule has 6 heteroatoms. The van der Waals surface area contributed by atoms with Gasteiger partial charge in [-0.25, -0.2) is 8.42 Å². The topological polar surface area (TPSA) is 63.7 Å². The first kappa shape index (κ1) is 18.0. The van der Waals surface area contributed by atoms with Crippen LogP contribution in [0.3, 0.4) is 0 Å². The van der Waals surface area contributed by atoms with Crippen molar-refractivity contribution in [3.05, 3.63) is 54.1 Å². The minimum Gasteiger partial charge on any atom is -0.496 e. The van der Waals surface area contributed by atoms with E-state index in [1.54, 1.807) is 55.6 Å². The summed E-state index contributed by atoms with van der Waals surface area (Å²) in [7, 11) is -0.793. The van der Waals surface area contributed by atoms with E-state index in [0.717, 1.165) is 12.8 Å². The second-order valence-corrected chi connectivity index (χ2v) is 9.34. The minimum atomic E-state index is -3.97. The van der Waals surface area contributed by atoms with Crippen LogP contribution in [-0.2, 0) is 19.4 Å². The molecule has 2 aliphatic rings. The number of sulfone groups is 1. The Morgan fingerprint density at radius 1 is 1.04 bits per heavy atom. The molecule has 0 N–H and O–H groups in total. The molecule has 4 rings (SSSR count). The highest BCUT2D eigenvalue weighted by molar-refractivity contribution is 7.93. The Balaban J connectivity index is 2.12. The second-order valence-electron chi connectivity index (χ2n) is 7.25. The van der Waals surface area contributed by atoms with Crippen molar-refractivity contribution in [2.24, 2.45) is 5.92 Å². The number of benzene rings is 2. The number of fused-ring (bicyclic) bond motifs is 1. The van der Waals surface area contributed by atoms with E-state index in [-0.39, 0.29) is 10.8 Å². The number of anilines is 1. The SMILES string of the molecule is COc1ccccc1C1(C2CCCC2)C(=O)N(C)c2ccccc2S1(=O)=O. The summed E-state index contributed by atoms with van der Waals surface area (Å²) in [5.41, 5.74) is 0.886. The highest BCUT2D eigenvalue weighted by Crippen LogP contribution is 2.55. The number of amides is 1. The molecule has 2 aromatic carbocycles. The summed E-state index contributed by atoms with van der Waals surface area (Å²) in [6.07, 6.45) is 3.27. The first-order chi connectivity index (χ1) is 13.0. The maximum atomic E-state index is 14.0. The summed E-state index contributed by atoms with van der Waals surface area (Å²) in [6.45, 7) is 0. The highest BCUT2D eigenvalue weighted by atomic mass is 32.2. The molecule has 0 spiro atoms. The smallest absolute Gasteiger partial charge is 0.253 e. The number of nitrogens with zero attached hydrogens (tertiary/aromatic N) is 1. The Bertz CT molecular complexity index is 995. The van der Waals surface area contributed by atoms with Gasteiger partial charge in [0.2, 0.25) is 0 Å². The third kappa shape index (κ3) is 2.29. The molecule has 0 radical (unpaired) electrons. The largest absolute Gasteiger partial charge is 0.496 e. The van der Waals surface area contributed by atoms with Crippen molar-refractivity contribution in [1.82, 2.24) is 0 Å². The van der Waals surface area contributed by atoms with Crippen LogP contribution < -0.4 is 9.64 Å². The molecule has 0 saturated heterocycles. The Morgan fingerprint density at radius 3 is 2.37 bits per heavy atom. The van der Waals surface area contributed by atoms with Crippen LogP contribution in [0, 0.1) is 5.92 Å². The van der Waals surface area contributed by atoms with Crippen LogP contribution in [0.15, 0.2) is 53.4 Å². The van der Waals surface area contributed by atoms with Gasteiger partial charge in [0, 0.05) is 12.6 Å². The van der Waals surface area contributed by atoms with Gasteiger partial charge in [-0.2, -0.15) is 0 Å². The first-order valence-corrected chi connectivity index (χ1v) is 10.7. The van der Waals surface area contributed by atoms with Crippen molar-refractivity contribution in [3.8, 4) is 5.75 Å². The van der Waals surface area contributed by atoms with Gasteiger partial charge in [0.15, 0.2) is 14.6 Å². The monoisotopic (exact) mass is 385 g/mol.